The van der Waals surface area contributed by atoms with Gasteiger partial charge in [-0.15, -0.1) is 0 Å². The highest BCUT2D eigenvalue weighted by atomic mass is 32.2. The summed E-state index contributed by atoms with van der Waals surface area (Å²) in [5.74, 6) is 6.83. The Balaban J connectivity index is 2.41. The van der Waals surface area contributed by atoms with Gasteiger partial charge in [-0.1, -0.05) is 18.7 Å². The minimum Gasteiger partial charge on any atom is -0.292 e. The molecule has 2 rings (SSSR count). The SMILES string of the molecule is CCSc1nc(NN)nc(-n2cncn2)n1. The highest BCUT2D eigenvalue weighted by Crippen LogP contribution is 2.14. The molecule has 2 aromatic rings. The van der Waals surface area contributed by atoms with Gasteiger partial charge in [0.05, 0.1) is 0 Å². The van der Waals surface area contributed by atoms with E-state index in [-0.39, 0.29) is 0 Å². The van der Waals surface area contributed by atoms with Crippen LogP contribution in [0, 0.1) is 0 Å². The smallest absolute Gasteiger partial charge is 0.257 e. The van der Waals surface area contributed by atoms with Gasteiger partial charge in [-0.05, 0) is 5.75 Å². The average Bonchev–Trinajstić information content (AvgIpc) is 2.82. The first-order chi connectivity index (χ1) is 7.83. The highest BCUT2D eigenvalue weighted by Gasteiger charge is 2.07. The third-order valence-corrected chi connectivity index (χ3v) is 2.36. The molecule has 3 N–H and O–H groups in total. The molecule has 0 aliphatic carbocycles. The number of hydrazine groups is 1. The van der Waals surface area contributed by atoms with Gasteiger partial charge in [-0.2, -0.15) is 24.7 Å². The van der Waals surface area contributed by atoms with E-state index in [4.69, 9.17) is 5.84 Å². The van der Waals surface area contributed by atoms with Crippen LogP contribution in [0.25, 0.3) is 5.95 Å². The fourth-order valence-electron chi connectivity index (χ4n) is 1.02. The molecule has 0 saturated carbocycles. The largest absolute Gasteiger partial charge is 0.292 e. The minimum absolute atomic E-state index is 0.302. The number of anilines is 1. The van der Waals surface area contributed by atoms with Crippen molar-refractivity contribution in [2.24, 2.45) is 5.84 Å². The number of nitrogen functional groups attached to an aromatic ring is 1. The van der Waals surface area contributed by atoms with Crippen molar-refractivity contribution in [2.75, 3.05) is 11.2 Å². The standard InChI is InChI=1S/C7H10N8S/c1-2-16-7-12-5(14-8)11-6(13-7)15-4-9-3-10-15/h3-4H,2,8H2,1H3,(H,11,12,13,14). The molecule has 0 spiro atoms. The van der Waals surface area contributed by atoms with Crippen LogP contribution in [-0.4, -0.2) is 35.5 Å². The van der Waals surface area contributed by atoms with E-state index in [1.165, 1.54) is 29.1 Å². The molecule has 16 heavy (non-hydrogen) atoms. The summed E-state index contributed by atoms with van der Waals surface area (Å²) in [6.07, 6.45) is 2.92. The summed E-state index contributed by atoms with van der Waals surface area (Å²) >= 11 is 1.50. The molecule has 8 nitrogen and oxygen atoms in total. The van der Waals surface area contributed by atoms with Crippen LogP contribution < -0.4 is 11.3 Å². The molecule has 9 heteroatoms. The van der Waals surface area contributed by atoms with Crippen LogP contribution in [-0.2, 0) is 0 Å². The maximum absolute atomic E-state index is 5.28. The van der Waals surface area contributed by atoms with Crippen LogP contribution in [0.15, 0.2) is 17.8 Å². The molecule has 0 aliphatic rings. The third-order valence-electron chi connectivity index (χ3n) is 1.63. The van der Waals surface area contributed by atoms with E-state index in [2.05, 4.69) is 30.5 Å². The Morgan fingerprint density at radius 1 is 1.44 bits per heavy atom. The molecule has 0 atom stereocenters. The van der Waals surface area contributed by atoms with Crippen LogP contribution in [0.5, 0.6) is 0 Å². The van der Waals surface area contributed by atoms with Crippen molar-refractivity contribution < 1.29 is 0 Å². The van der Waals surface area contributed by atoms with Crippen molar-refractivity contribution in [3.63, 3.8) is 0 Å². The monoisotopic (exact) mass is 238 g/mol. The number of thioether (sulfide) groups is 1. The molecule has 2 aromatic heterocycles. The Labute approximate surface area is 95.7 Å². The zero-order chi connectivity index (χ0) is 11.4. The first-order valence-corrected chi connectivity index (χ1v) is 5.52. The Bertz CT molecular complexity index is 455. The molecular formula is C7H10N8S. The van der Waals surface area contributed by atoms with E-state index in [1.54, 1.807) is 0 Å². The molecule has 0 aliphatic heterocycles. The number of aromatic nitrogens is 6. The molecule has 0 saturated heterocycles. The summed E-state index contributed by atoms with van der Waals surface area (Å²) in [4.78, 5) is 16.2. The first kappa shape index (κ1) is 10.8. The maximum Gasteiger partial charge on any atom is 0.257 e. The van der Waals surface area contributed by atoms with Crippen molar-refractivity contribution in [3.05, 3.63) is 12.7 Å². The molecule has 2 heterocycles. The summed E-state index contributed by atoms with van der Waals surface area (Å²) in [6.45, 7) is 2.01. The summed E-state index contributed by atoms with van der Waals surface area (Å²) in [5, 5.41) is 4.53. The topological polar surface area (TPSA) is 107 Å². The van der Waals surface area contributed by atoms with Gasteiger partial charge in [-0.25, -0.2) is 10.8 Å². The lowest BCUT2D eigenvalue weighted by atomic mass is 10.8. The van der Waals surface area contributed by atoms with Gasteiger partial charge in [0.15, 0.2) is 5.16 Å². The zero-order valence-electron chi connectivity index (χ0n) is 8.53. The van der Waals surface area contributed by atoms with Crippen LogP contribution >= 0.6 is 11.8 Å². The predicted molar refractivity (Wildman–Crippen MR) is 59.0 cm³/mol. The lowest BCUT2D eigenvalue weighted by molar-refractivity contribution is 0.759. The first-order valence-electron chi connectivity index (χ1n) is 4.54. The summed E-state index contributed by atoms with van der Waals surface area (Å²) in [5.41, 5.74) is 2.39. The highest BCUT2D eigenvalue weighted by molar-refractivity contribution is 7.99. The van der Waals surface area contributed by atoms with Gasteiger partial charge in [0.1, 0.15) is 12.7 Å². The summed E-state index contributed by atoms with van der Waals surface area (Å²) < 4.78 is 1.45. The number of rotatable bonds is 4. The maximum atomic E-state index is 5.28. The van der Waals surface area contributed by atoms with E-state index in [0.717, 1.165) is 5.75 Å². The Morgan fingerprint density at radius 2 is 2.31 bits per heavy atom. The van der Waals surface area contributed by atoms with E-state index in [0.29, 0.717) is 17.1 Å². The molecule has 0 aromatic carbocycles. The predicted octanol–water partition coefficient (Wildman–Crippen LogP) is -0.150. The number of hydrogen-bond acceptors (Lipinski definition) is 8. The van der Waals surface area contributed by atoms with Crippen molar-refractivity contribution in [1.29, 1.82) is 0 Å². The normalized spacial score (nSPS) is 10.4. The van der Waals surface area contributed by atoms with E-state index in [9.17, 15) is 0 Å². The van der Waals surface area contributed by atoms with Crippen LogP contribution in [0.3, 0.4) is 0 Å². The third kappa shape index (κ3) is 2.25. The van der Waals surface area contributed by atoms with E-state index >= 15 is 0 Å². The van der Waals surface area contributed by atoms with Crippen LogP contribution in [0.1, 0.15) is 6.92 Å². The Hall–Kier alpha value is -1.74. The minimum atomic E-state index is 0.302. The molecule has 0 bridgehead atoms. The second-order valence-electron chi connectivity index (χ2n) is 2.66. The van der Waals surface area contributed by atoms with Crippen molar-refractivity contribution in [2.45, 2.75) is 12.1 Å². The van der Waals surface area contributed by atoms with Gasteiger partial charge in [0.25, 0.3) is 5.95 Å². The Morgan fingerprint density at radius 3 is 2.94 bits per heavy atom. The zero-order valence-corrected chi connectivity index (χ0v) is 9.35. The lowest BCUT2D eigenvalue weighted by Gasteiger charge is -2.04. The molecule has 0 fully saturated rings. The number of nitrogens with two attached hydrogens (primary N) is 1. The fourth-order valence-corrected chi connectivity index (χ4v) is 1.57. The summed E-state index contributed by atoms with van der Waals surface area (Å²) in [6, 6.07) is 0. The number of nitrogens with one attached hydrogen (secondary N) is 1. The van der Waals surface area contributed by atoms with E-state index < -0.39 is 0 Å². The molecule has 0 radical (unpaired) electrons. The van der Waals surface area contributed by atoms with Crippen LogP contribution in [0.4, 0.5) is 5.95 Å². The molecule has 84 valence electrons. The number of hydrogen-bond donors (Lipinski definition) is 2. The van der Waals surface area contributed by atoms with Gasteiger partial charge in [0, 0.05) is 0 Å². The molecule has 0 unspecified atom stereocenters. The van der Waals surface area contributed by atoms with Crippen molar-refractivity contribution >= 4 is 17.7 Å². The fraction of sp³-hybridized carbons (Fsp3) is 0.286. The van der Waals surface area contributed by atoms with Gasteiger partial charge < -0.3 is 0 Å². The second-order valence-corrected chi connectivity index (χ2v) is 3.89. The quantitative estimate of drug-likeness (QED) is 0.430. The Kier molecular flexibility index (Phi) is 3.27. The van der Waals surface area contributed by atoms with Crippen LogP contribution in [0.2, 0.25) is 0 Å². The lowest BCUT2D eigenvalue weighted by Crippen LogP contribution is -2.14. The van der Waals surface area contributed by atoms with Gasteiger partial charge in [-0.3, -0.25) is 5.43 Å². The number of nitrogens with zero attached hydrogens (tertiary/aromatic N) is 6. The van der Waals surface area contributed by atoms with E-state index in [1.807, 2.05) is 6.92 Å². The molecular weight excluding hydrogens is 228 g/mol. The van der Waals surface area contributed by atoms with Gasteiger partial charge >= 0.3 is 0 Å². The van der Waals surface area contributed by atoms with Gasteiger partial charge in [0.2, 0.25) is 5.95 Å². The van der Waals surface area contributed by atoms with Crippen molar-refractivity contribution in [3.8, 4) is 5.95 Å². The molecule has 0 amide bonds. The van der Waals surface area contributed by atoms with Crippen molar-refractivity contribution in [1.82, 2.24) is 29.7 Å². The second kappa shape index (κ2) is 4.86. The average molecular weight is 238 g/mol. The summed E-state index contributed by atoms with van der Waals surface area (Å²) in [7, 11) is 0.